The number of amides is 2. The number of halogens is 1. The molecule has 3 aromatic rings. The van der Waals surface area contributed by atoms with E-state index in [1.165, 1.54) is 11.9 Å². The first-order valence-corrected chi connectivity index (χ1v) is 12.6. The lowest BCUT2D eigenvalue weighted by atomic mass is 9.95. The van der Waals surface area contributed by atoms with Crippen molar-refractivity contribution < 1.29 is 23.5 Å². The molecule has 8 heteroatoms. The summed E-state index contributed by atoms with van der Waals surface area (Å²) in [6, 6.07) is 13.8. The van der Waals surface area contributed by atoms with Gasteiger partial charge in [0, 0.05) is 50.5 Å². The van der Waals surface area contributed by atoms with Gasteiger partial charge in [0.25, 0.3) is 5.91 Å². The van der Waals surface area contributed by atoms with Gasteiger partial charge in [-0.05, 0) is 46.7 Å². The van der Waals surface area contributed by atoms with E-state index in [2.05, 4.69) is 10.2 Å². The van der Waals surface area contributed by atoms with Crippen LogP contribution in [0.4, 0.5) is 10.1 Å². The molecule has 1 unspecified atom stereocenters. The first kappa shape index (κ1) is 25.0. The van der Waals surface area contributed by atoms with Gasteiger partial charge in [0.1, 0.15) is 18.1 Å². The molecule has 1 saturated heterocycles. The molecule has 0 saturated carbocycles. The number of carbonyl (C=O) groups is 3. The van der Waals surface area contributed by atoms with Gasteiger partial charge < -0.3 is 14.8 Å². The lowest BCUT2D eigenvalue weighted by Crippen LogP contribution is -2.47. The van der Waals surface area contributed by atoms with Crippen LogP contribution in [0.5, 0.6) is 0 Å². The lowest BCUT2D eigenvalue weighted by molar-refractivity contribution is -0.122. The van der Waals surface area contributed by atoms with E-state index in [1.54, 1.807) is 12.1 Å². The summed E-state index contributed by atoms with van der Waals surface area (Å²) in [6.45, 7) is 3.78. The molecular weight excluding hydrogens is 473 g/mol. The number of likely N-dealkylation sites (N-methyl/N-ethyl adjacent to an activating group) is 1. The lowest BCUT2D eigenvalue weighted by Gasteiger charge is -2.27. The van der Waals surface area contributed by atoms with E-state index in [1.807, 2.05) is 36.4 Å². The Balaban J connectivity index is 1.45. The Hall–Kier alpha value is -3.62. The van der Waals surface area contributed by atoms with Crippen LogP contribution in [0.1, 0.15) is 39.9 Å². The Labute approximate surface area is 215 Å². The number of carbonyl (C=O) groups excluding carboxylic acids is 3. The third-order valence-electron chi connectivity index (χ3n) is 7.24. The highest BCUT2D eigenvalue weighted by Crippen LogP contribution is 2.41. The van der Waals surface area contributed by atoms with Gasteiger partial charge >= 0.3 is 0 Å². The van der Waals surface area contributed by atoms with Crippen LogP contribution < -0.4 is 10.2 Å². The van der Waals surface area contributed by atoms with Gasteiger partial charge in [-0.1, -0.05) is 30.3 Å². The van der Waals surface area contributed by atoms with Crippen molar-refractivity contribution in [3.05, 3.63) is 76.6 Å². The summed E-state index contributed by atoms with van der Waals surface area (Å²) in [6.07, 6.45) is 1.53. The number of morpholine rings is 1. The number of ether oxygens (including phenoxy) is 1. The molecule has 7 nitrogen and oxygen atoms in total. The van der Waals surface area contributed by atoms with Crippen molar-refractivity contribution in [2.45, 2.75) is 31.8 Å². The molecule has 0 spiro atoms. The van der Waals surface area contributed by atoms with E-state index in [-0.39, 0.29) is 30.5 Å². The second-order valence-corrected chi connectivity index (χ2v) is 9.51. The van der Waals surface area contributed by atoms with Crippen LogP contribution in [0.3, 0.4) is 0 Å². The standard InChI is InChI=1S/C29H30FN3O4/c1-31-28(35)26(6-3-13-34)33-25-10-9-20(22-4-2-5-23(27(22)25)29(33)36)17-21-8-7-19(16-24(21)30)18-32-11-14-37-15-12-32/h2,4-5,7-10,13,16,26H,3,6,11-12,14-15,17-18H2,1H3,(H,31,35). The van der Waals surface area contributed by atoms with E-state index in [9.17, 15) is 14.4 Å². The number of hydrogen-bond donors (Lipinski definition) is 1. The third-order valence-corrected chi connectivity index (χ3v) is 7.24. The SMILES string of the molecule is CNC(=O)C(CCC=O)N1C(=O)c2cccc3c(Cc4ccc(CN5CCOCC5)cc4F)ccc1c23. The molecule has 37 heavy (non-hydrogen) atoms. The summed E-state index contributed by atoms with van der Waals surface area (Å²) in [5.74, 6) is -0.837. The summed E-state index contributed by atoms with van der Waals surface area (Å²) in [5.41, 5.74) is 3.57. The summed E-state index contributed by atoms with van der Waals surface area (Å²) in [5, 5.41) is 4.22. The molecule has 2 heterocycles. The molecule has 2 amide bonds. The molecule has 192 valence electrons. The second-order valence-electron chi connectivity index (χ2n) is 9.51. The quantitative estimate of drug-likeness (QED) is 0.453. The van der Waals surface area contributed by atoms with E-state index in [4.69, 9.17) is 4.74 Å². The predicted molar refractivity (Wildman–Crippen MR) is 139 cm³/mol. The van der Waals surface area contributed by atoms with Crippen LogP contribution in [-0.2, 0) is 27.3 Å². The summed E-state index contributed by atoms with van der Waals surface area (Å²) < 4.78 is 20.5. The Morgan fingerprint density at radius 3 is 2.65 bits per heavy atom. The minimum absolute atomic E-state index is 0.167. The van der Waals surface area contributed by atoms with Gasteiger partial charge in [-0.3, -0.25) is 19.4 Å². The highest BCUT2D eigenvalue weighted by molar-refractivity contribution is 6.27. The largest absolute Gasteiger partial charge is 0.379 e. The van der Waals surface area contributed by atoms with Crippen molar-refractivity contribution in [1.29, 1.82) is 0 Å². The molecule has 5 rings (SSSR count). The number of anilines is 1. The zero-order valence-corrected chi connectivity index (χ0v) is 20.8. The Morgan fingerprint density at radius 2 is 1.92 bits per heavy atom. The van der Waals surface area contributed by atoms with Crippen LogP contribution >= 0.6 is 0 Å². The normalized spacial score (nSPS) is 16.3. The van der Waals surface area contributed by atoms with Gasteiger partial charge in [-0.25, -0.2) is 4.39 Å². The van der Waals surface area contributed by atoms with Crippen LogP contribution in [0.25, 0.3) is 10.8 Å². The van der Waals surface area contributed by atoms with Crippen molar-refractivity contribution in [2.75, 3.05) is 38.3 Å². The second kappa shape index (κ2) is 10.8. The fraction of sp³-hybridized carbons (Fsp3) is 0.345. The van der Waals surface area contributed by atoms with Crippen molar-refractivity contribution in [1.82, 2.24) is 10.2 Å². The molecule has 3 aromatic carbocycles. The van der Waals surface area contributed by atoms with Crippen molar-refractivity contribution >= 4 is 34.6 Å². The highest BCUT2D eigenvalue weighted by atomic mass is 19.1. The maximum atomic E-state index is 15.2. The summed E-state index contributed by atoms with van der Waals surface area (Å²) >= 11 is 0. The van der Waals surface area contributed by atoms with E-state index < -0.39 is 6.04 Å². The molecule has 2 aliphatic heterocycles. The maximum absolute atomic E-state index is 15.2. The van der Waals surface area contributed by atoms with Crippen LogP contribution in [0.2, 0.25) is 0 Å². The van der Waals surface area contributed by atoms with Gasteiger partial charge in [0.15, 0.2) is 0 Å². The van der Waals surface area contributed by atoms with Crippen LogP contribution in [0, 0.1) is 5.82 Å². The summed E-state index contributed by atoms with van der Waals surface area (Å²) in [4.78, 5) is 40.8. The van der Waals surface area contributed by atoms with Gasteiger partial charge in [-0.2, -0.15) is 0 Å². The summed E-state index contributed by atoms with van der Waals surface area (Å²) in [7, 11) is 1.52. The van der Waals surface area contributed by atoms with Gasteiger partial charge in [-0.15, -0.1) is 0 Å². The van der Waals surface area contributed by atoms with Crippen LogP contribution in [0.15, 0.2) is 48.5 Å². The zero-order valence-electron chi connectivity index (χ0n) is 20.8. The Kier molecular flexibility index (Phi) is 7.30. The number of benzene rings is 3. The zero-order chi connectivity index (χ0) is 25.9. The molecule has 2 aliphatic rings. The minimum atomic E-state index is -0.791. The average Bonchev–Trinajstić information content (AvgIpc) is 3.20. The van der Waals surface area contributed by atoms with E-state index in [0.717, 1.165) is 41.3 Å². The number of rotatable bonds is 9. The first-order chi connectivity index (χ1) is 18.0. The van der Waals surface area contributed by atoms with Gasteiger partial charge in [0.05, 0.1) is 18.9 Å². The minimum Gasteiger partial charge on any atom is -0.379 e. The number of nitrogens with zero attached hydrogens (tertiary/aromatic N) is 2. The molecule has 0 radical (unpaired) electrons. The monoisotopic (exact) mass is 503 g/mol. The van der Waals surface area contributed by atoms with Crippen molar-refractivity contribution in [2.24, 2.45) is 0 Å². The van der Waals surface area contributed by atoms with Crippen molar-refractivity contribution in [3.8, 4) is 0 Å². The Morgan fingerprint density at radius 1 is 1.14 bits per heavy atom. The number of hydrogen-bond acceptors (Lipinski definition) is 5. The first-order valence-electron chi connectivity index (χ1n) is 12.6. The molecule has 0 aliphatic carbocycles. The van der Waals surface area contributed by atoms with E-state index in [0.29, 0.717) is 43.0 Å². The van der Waals surface area contributed by atoms with Crippen molar-refractivity contribution in [3.63, 3.8) is 0 Å². The molecule has 0 bridgehead atoms. The fourth-order valence-corrected chi connectivity index (χ4v) is 5.36. The molecule has 1 atom stereocenters. The maximum Gasteiger partial charge on any atom is 0.259 e. The smallest absolute Gasteiger partial charge is 0.259 e. The number of nitrogens with one attached hydrogen (secondary N) is 1. The molecule has 1 fully saturated rings. The average molecular weight is 504 g/mol. The molecule has 0 aromatic heterocycles. The van der Waals surface area contributed by atoms with E-state index >= 15 is 4.39 Å². The van der Waals surface area contributed by atoms with Gasteiger partial charge in [0.2, 0.25) is 5.91 Å². The topological polar surface area (TPSA) is 79.0 Å². The Bertz CT molecular complexity index is 1350. The molecular formula is C29H30FN3O4. The highest BCUT2D eigenvalue weighted by Gasteiger charge is 2.38. The number of aldehydes is 1. The predicted octanol–water partition coefficient (Wildman–Crippen LogP) is 3.46. The fourth-order valence-electron chi connectivity index (χ4n) is 5.36. The van der Waals surface area contributed by atoms with Crippen LogP contribution in [-0.4, -0.2) is 62.4 Å². The third kappa shape index (κ3) is 4.86. The molecule has 1 N–H and O–H groups in total.